The summed E-state index contributed by atoms with van der Waals surface area (Å²) in [5.41, 5.74) is 5.68. The van der Waals surface area contributed by atoms with E-state index >= 15 is 0 Å². The number of hydrogen-bond donors (Lipinski definition) is 0. The highest BCUT2D eigenvalue weighted by atomic mass is 14.7. The number of benzene rings is 1. The van der Waals surface area contributed by atoms with Gasteiger partial charge in [-0.05, 0) is 36.2 Å². The number of hydrogen-bond acceptors (Lipinski definition) is 2. The molecule has 3 aromatic rings. The molecule has 0 bridgehead atoms. The molecular formula is C17H14N2. The Labute approximate surface area is 112 Å². The molecule has 0 N–H and O–H groups in total. The molecule has 0 spiro atoms. The van der Waals surface area contributed by atoms with Crippen LogP contribution >= 0.6 is 0 Å². The van der Waals surface area contributed by atoms with Crippen LogP contribution in [0.15, 0.2) is 67.1 Å². The Morgan fingerprint density at radius 3 is 2.26 bits per heavy atom. The summed E-state index contributed by atoms with van der Waals surface area (Å²) < 4.78 is 0. The number of rotatable bonds is 2. The third-order valence-electron chi connectivity index (χ3n) is 3.17. The minimum atomic E-state index is 1.01. The number of aryl methyl sites for hydroxylation is 1. The Kier molecular flexibility index (Phi) is 3.07. The standard InChI is InChI=1S/C17H14N2/c1-13-11-17(15-5-3-2-4-6-15)19-12-16(13)14-7-9-18-10-8-14/h2-12H,1H3. The summed E-state index contributed by atoms with van der Waals surface area (Å²) in [6.45, 7) is 2.11. The molecule has 0 amide bonds. The van der Waals surface area contributed by atoms with Crippen molar-refractivity contribution in [3.8, 4) is 22.4 Å². The van der Waals surface area contributed by atoms with Crippen LogP contribution in [-0.4, -0.2) is 9.97 Å². The molecular weight excluding hydrogens is 232 g/mol. The molecule has 0 radical (unpaired) electrons. The first kappa shape index (κ1) is 11.6. The Balaban J connectivity index is 2.04. The van der Waals surface area contributed by atoms with Gasteiger partial charge in [-0.1, -0.05) is 30.3 Å². The van der Waals surface area contributed by atoms with E-state index in [1.165, 1.54) is 5.56 Å². The molecule has 0 fully saturated rings. The molecule has 0 atom stereocenters. The van der Waals surface area contributed by atoms with Crippen molar-refractivity contribution in [3.05, 3.63) is 72.7 Å². The summed E-state index contributed by atoms with van der Waals surface area (Å²) >= 11 is 0. The van der Waals surface area contributed by atoms with Gasteiger partial charge in [-0.25, -0.2) is 0 Å². The molecule has 0 aliphatic rings. The van der Waals surface area contributed by atoms with E-state index < -0.39 is 0 Å². The highest BCUT2D eigenvalue weighted by Gasteiger charge is 2.05. The maximum atomic E-state index is 4.57. The minimum absolute atomic E-state index is 1.01. The quantitative estimate of drug-likeness (QED) is 0.679. The van der Waals surface area contributed by atoms with Crippen molar-refractivity contribution in [3.63, 3.8) is 0 Å². The van der Waals surface area contributed by atoms with Gasteiger partial charge in [0.05, 0.1) is 5.69 Å². The maximum Gasteiger partial charge on any atom is 0.0705 e. The monoisotopic (exact) mass is 246 g/mol. The van der Waals surface area contributed by atoms with Crippen molar-refractivity contribution >= 4 is 0 Å². The summed E-state index contributed by atoms with van der Waals surface area (Å²) in [6, 6.07) is 16.4. The zero-order chi connectivity index (χ0) is 13.1. The van der Waals surface area contributed by atoms with Gasteiger partial charge in [0.1, 0.15) is 0 Å². The topological polar surface area (TPSA) is 25.8 Å². The second-order valence-electron chi connectivity index (χ2n) is 4.49. The number of aromatic nitrogens is 2. The molecule has 19 heavy (non-hydrogen) atoms. The second-order valence-corrected chi connectivity index (χ2v) is 4.49. The van der Waals surface area contributed by atoms with Crippen molar-refractivity contribution in [2.24, 2.45) is 0 Å². The van der Waals surface area contributed by atoms with E-state index in [1.54, 1.807) is 12.4 Å². The molecule has 2 nitrogen and oxygen atoms in total. The molecule has 2 heteroatoms. The molecule has 2 heterocycles. The lowest BCUT2D eigenvalue weighted by molar-refractivity contribution is 1.27. The maximum absolute atomic E-state index is 4.57. The van der Waals surface area contributed by atoms with Gasteiger partial charge in [0.25, 0.3) is 0 Å². The van der Waals surface area contributed by atoms with Gasteiger partial charge >= 0.3 is 0 Å². The van der Waals surface area contributed by atoms with Crippen molar-refractivity contribution in [2.45, 2.75) is 6.92 Å². The van der Waals surface area contributed by atoms with Gasteiger partial charge < -0.3 is 0 Å². The van der Waals surface area contributed by atoms with Crippen molar-refractivity contribution in [2.75, 3.05) is 0 Å². The molecule has 0 unspecified atom stereocenters. The summed E-state index contributed by atoms with van der Waals surface area (Å²) in [5.74, 6) is 0. The molecule has 3 rings (SSSR count). The van der Waals surface area contributed by atoms with Gasteiger partial charge in [-0.15, -0.1) is 0 Å². The van der Waals surface area contributed by atoms with Crippen LogP contribution in [0.2, 0.25) is 0 Å². The van der Waals surface area contributed by atoms with Crippen LogP contribution in [-0.2, 0) is 0 Å². The number of pyridine rings is 2. The summed E-state index contributed by atoms with van der Waals surface area (Å²) in [4.78, 5) is 8.61. The molecule has 0 aliphatic carbocycles. The van der Waals surface area contributed by atoms with Gasteiger partial charge in [0.15, 0.2) is 0 Å². The van der Waals surface area contributed by atoms with E-state index in [-0.39, 0.29) is 0 Å². The smallest absolute Gasteiger partial charge is 0.0705 e. The molecule has 92 valence electrons. The third kappa shape index (κ3) is 2.38. The van der Waals surface area contributed by atoms with E-state index in [0.29, 0.717) is 0 Å². The van der Waals surface area contributed by atoms with E-state index in [1.807, 2.05) is 36.5 Å². The highest BCUT2D eigenvalue weighted by molar-refractivity contribution is 5.69. The van der Waals surface area contributed by atoms with Crippen LogP contribution in [0, 0.1) is 6.92 Å². The molecule has 0 aliphatic heterocycles. The van der Waals surface area contributed by atoms with Crippen molar-refractivity contribution in [1.82, 2.24) is 9.97 Å². The Bertz CT molecular complexity index is 676. The first-order chi connectivity index (χ1) is 9.34. The fourth-order valence-electron chi connectivity index (χ4n) is 2.16. The molecule has 1 aromatic carbocycles. The van der Waals surface area contributed by atoms with E-state index in [2.05, 4.69) is 35.1 Å². The van der Waals surface area contributed by atoms with E-state index in [4.69, 9.17) is 0 Å². The lowest BCUT2D eigenvalue weighted by atomic mass is 10.0. The normalized spacial score (nSPS) is 10.4. The Morgan fingerprint density at radius 2 is 1.58 bits per heavy atom. The minimum Gasteiger partial charge on any atom is -0.265 e. The van der Waals surface area contributed by atoms with Crippen LogP contribution < -0.4 is 0 Å². The lowest BCUT2D eigenvalue weighted by Gasteiger charge is -2.08. The van der Waals surface area contributed by atoms with E-state index in [9.17, 15) is 0 Å². The van der Waals surface area contributed by atoms with Crippen LogP contribution in [0.25, 0.3) is 22.4 Å². The van der Waals surface area contributed by atoms with Gasteiger partial charge in [0, 0.05) is 29.7 Å². The number of nitrogens with zero attached hydrogens (tertiary/aromatic N) is 2. The average molecular weight is 246 g/mol. The van der Waals surface area contributed by atoms with Crippen molar-refractivity contribution in [1.29, 1.82) is 0 Å². The van der Waals surface area contributed by atoms with Crippen LogP contribution in [0.1, 0.15) is 5.56 Å². The SMILES string of the molecule is Cc1cc(-c2ccccc2)ncc1-c1ccncc1. The van der Waals surface area contributed by atoms with Crippen LogP contribution in [0.4, 0.5) is 0 Å². The van der Waals surface area contributed by atoms with Gasteiger partial charge in [-0.2, -0.15) is 0 Å². The predicted molar refractivity (Wildman–Crippen MR) is 77.6 cm³/mol. The summed E-state index contributed by atoms with van der Waals surface area (Å²) in [5, 5.41) is 0. The van der Waals surface area contributed by atoms with E-state index in [0.717, 1.165) is 22.4 Å². The first-order valence-electron chi connectivity index (χ1n) is 6.27. The molecule has 2 aromatic heterocycles. The van der Waals surface area contributed by atoms with Crippen LogP contribution in [0.5, 0.6) is 0 Å². The zero-order valence-corrected chi connectivity index (χ0v) is 10.7. The first-order valence-corrected chi connectivity index (χ1v) is 6.27. The fraction of sp³-hybridized carbons (Fsp3) is 0.0588. The van der Waals surface area contributed by atoms with Gasteiger partial charge in [0.2, 0.25) is 0 Å². The fourth-order valence-corrected chi connectivity index (χ4v) is 2.16. The second kappa shape index (κ2) is 5.02. The molecule has 0 saturated carbocycles. The predicted octanol–water partition coefficient (Wildman–Crippen LogP) is 4.12. The van der Waals surface area contributed by atoms with Gasteiger partial charge in [-0.3, -0.25) is 9.97 Å². The largest absolute Gasteiger partial charge is 0.265 e. The lowest BCUT2D eigenvalue weighted by Crippen LogP contribution is -1.89. The highest BCUT2D eigenvalue weighted by Crippen LogP contribution is 2.25. The summed E-state index contributed by atoms with van der Waals surface area (Å²) in [7, 11) is 0. The average Bonchev–Trinajstić information content (AvgIpc) is 2.49. The Morgan fingerprint density at radius 1 is 0.842 bits per heavy atom. The third-order valence-corrected chi connectivity index (χ3v) is 3.17. The van der Waals surface area contributed by atoms with Crippen LogP contribution in [0.3, 0.4) is 0 Å². The molecule has 0 saturated heterocycles. The Hall–Kier alpha value is -2.48. The zero-order valence-electron chi connectivity index (χ0n) is 10.7. The van der Waals surface area contributed by atoms with Crippen molar-refractivity contribution < 1.29 is 0 Å². The summed E-state index contributed by atoms with van der Waals surface area (Å²) in [6.07, 6.45) is 5.55.